The van der Waals surface area contributed by atoms with Crippen LogP contribution in [0, 0.1) is 5.41 Å². The van der Waals surface area contributed by atoms with Crippen LogP contribution < -0.4 is 5.32 Å². The Hall–Kier alpha value is -1.35. The fourth-order valence-electron chi connectivity index (χ4n) is 2.62. The topological polar surface area (TPSA) is 49.3 Å². The Morgan fingerprint density at radius 3 is 2.67 bits per heavy atom. The van der Waals surface area contributed by atoms with Crippen LogP contribution in [0.1, 0.15) is 43.7 Å². The van der Waals surface area contributed by atoms with Crippen molar-refractivity contribution in [1.29, 1.82) is 0 Å². The zero-order chi connectivity index (χ0) is 13.0. The number of carbonyl (C=O) groups excluding carboxylic acids is 1. The Bertz CT molecular complexity index is 422. The lowest BCUT2D eigenvalue weighted by Crippen LogP contribution is -2.36. The number of rotatable bonds is 4. The Balaban J connectivity index is 1.92. The van der Waals surface area contributed by atoms with E-state index in [2.05, 4.69) is 12.2 Å². The molecule has 2 N–H and O–H groups in total. The summed E-state index contributed by atoms with van der Waals surface area (Å²) in [6.07, 6.45) is 4.30. The van der Waals surface area contributed by atoms with Crippen LogP contribution in [-0.2, 0) is 17.9 Å². The molecule has 0 unspecified atom stereocenters. The highest BCUT2D eigenvalue weighted by Crippen LogP contribution is 2.37. The van der Waals surface area contributed by atoms with Crippen molar-refractivity contribution in [3.05, 3.63) is 35.4 Å². The van der Waals surface area contributed by atoms with Gasteiger partial charge in [0.05, 0.1) is 6.61 Å². The quantitative estimate of drug-likeness (QED) is 0.858. The average Bonchev–Trinajstić information content (AvgIpc) is 2.84. The van der Waals surface area contributed by atoms with Crippen molar-refractivity contribution < 1.29 is 9.90 Å². The van der Waals surface area contributed by atoms with Crippen molar-refractivity contribution in [2.45, 2.75) is 45.8 Å². The lowest BCUT2D eigenvalue weighted by atomic mass is 9.88. The van der Waals surface area contributed by atoms with Crippen LogP contribution in [0.5, 0.6) is 0 Å². The van der Waals surface area contributed by atoms with E-state index in [-0.39, 0.29) is 17.9 Å². The standard InChI is InChI=1S/C15H21NO2/c1-15(7-2-3-8-15)14(18)16-10-12-5-4-6-13(9-12)11-17/h4-6,9,17H,2-3,7-8,10-11H2,1H3,(H,16,18). The minimum absolute atomic E-state index is 0.0412. The van der Waals surface area contributed by atoms with Gasteiger partial charge < -0.3 is 10.4 Å². The monoisotopic (exact) mass is 247 g/mol. The average molecular weight is 247 g/mol. The molecule has 1 aliphatic carbocycles. The summed E-state index contributed by atoms with van der Waals surface area (Å²) in [4.78, 5) is 12.1. The van der Waals surface area contributed by atoms with Gasteiger partial charge in [0.15, 0.2) is 0 Å². The number of aliphatic hydroxyl groups is 1. The molecule has 1 saturated carbocycles. The maximum Gasteiger partial charge on any atom is 0.226 e. The van der Waals surface area contributed by atoms with Crippen molar-refractivity contribution in [3.63, 3.8) is 0 Å². The number of nitrogens with one attached hydrogen (secondary N) is 1. The van der Waals surface area contributed by atoms with Crippen LogP contribution in [0.2, 0.25) is 0 Å². The van der Waals surface area contributed by atoms with Gasteiger partial charge >= 0.3 is 0 Å². The molecule has 1 aliphatic rings. The fraction of sp³-hybridized carbons (Fsp3) is 0.533. The predicted molar refractivity (Wildman–Crippen MR) is 70.8 cm³/mol. The highest BCUT2D eigenvalue weighted by molar-refractivity contribution is 5.82. The number of amides is 1. The summed E-state index contributed by atoms with van der Waals surface area (Å²) in [6.45, 7) is 2.64. The second kappa shape index (κ2) is 5.53. The molecule has 0 radical (unpaired) electrons. The molecule has 3 nitrogen and oxygen atoms in total. The molecular formula is C15H21NO2. The maximum atomic E-state index is 12.1. The Labute approximate surface area is 108 Å². The van der Waals surface area contributed by atoms with E-state index in [0.29, 0.717) is 6.54 Å². The Morgan fingerprint density at radius 2 is 2.00 bits per heavy atom. The summed E-state index contributed by atoms with van der Waals surface area (Å²) in [5.41, 5.74) is 1.75. The lowest BCUT2D eigenvalue weighted by Gasteiger charge is -2.22. The lowest BCUT2D eigenvalue weighted by molar-refractivity contribution is -0.130. The van der Waals surface area contributed by atoms with E-state index in [1.807, 2.05) is 24.3 Å². The van der Waals surface area contributed by atoms with Crippen LogP contribution in [0.3, 0.4) is 0 Å². The molecule has 0 aromatic heterocycles. The van der Waals surface area contributed by atoms with E-state index in [0.717, 1.165) is 36.8 Å². The van der Waals surface area contributed by atoms with Crippen molar-refractivity contribution in [2.75, 3.05) is 0 Å². The molecule has 0 bridgehead atoms. The maximum absolute atomic E-state index is 12.1. The van der Waals surface area contributed by atoms with Crippen molar-refractivity contribution in [2.24, 2.45) is 5.41 Å². The molecule has 0 atom stereocenters. The molecule has 1 aromatic carbocycles. The first-order valence-corrected chi connectivity index (χ1v) is 6.61. The highest BCUT2D eigenvalue weighted by atomic mass is 16.3. The molecule has 18 heavy (non-hydrogen) atoms. The third-order valence-electron chi connectivity index (χ3n) is 3.88. The number of hydrogen-bond acceptors (Lipinski definition) is 2. The van der Waals surface area contributed by atoms with Crippen molar-refractivity contribution >= 4 is 5.91 Å². The van der Waals surface area contributed by atoms with Crippen LogP contribution in [0.25, 0.3) is 0 Å². The molecule has 2 rings (SSSR count). The molecule has 1 amide bonds. The molecule has 1 fully saturated rings. The Morgan fingerprint density at radius 1 is 1.33 bits per heavy atom. The fourth-order valence-corrected chi connectivity index (χ4v) is 2.62. The van der Waals surface area contributed by atoms with Gasteiger partial charge in [-0.3, -0.25) is 4.79 Å². The second-order valence-corrected chi connectivity index (χ2v) is 5.43. The first-order valence-electron chi connectivity index (χ1n) is 6.61. The van der Waals surface area contributed by atoms with E-state index >= 15 is 0 Å². The van der Waals surface area contributed by atoms with Crippen molar-refractivity contribution in [1.82, 2.24) is 5.32 Å². The first kappa shape index (κ1) is 13.1. The smallest absolute Gasteiger partial charge is 0.226 e. The predicted octanol–water partition coefficient (Wildman–Crippen LogP) is 2.38. The zero-order valence-corrected chi connectivity index (χ0v) is 10.9. The van der Waals surface area contributed by atoms with E-state index in [4.69, 9.17) is 5.11 Å². The van der Waals surface area contributed by atoms with E-state index in [1.165, 1.54) is 0 Å². The van der Waals surface area contributed by atoms with Gasteiger partial charge in [0, 0.05) is 12.0 Å². The number of aliphatic hydroxyl groups excluding tert-OH is 1. The molecule has 0 saturated heterocycles. The minimum atomic E-state index is -0.172. The van der Waals surface area contributed by atoms with Gasteiger partial charge in [-0.1, -0.05) is 44.0 Å². The molecule has 98 valence electrons. The van der Waals surface area contributed by atoms with E-state index in [9.17, 15) is 4.79 Å². The number of hydrogen-bond donors (Lipinski definition) is 2. The largest absolute Gasteiger partial charge is 0.392 e. The highest BCUT2D eigenvalue weighted by Gasteiger charge is 2.35. The Kier molecular flexibility index (Phi) is 4.02. The summed E-state index contributed by atoms with van der Waals surface area (Å²) in [5, 5.41) is 12.1. The van der Waals surface area contributed by atoms with Gasteiger partial charge in [0.2, 0.25) is 5.91 Å². The summed E-state index contributed by atoms with van der Waals surface area (Å²) < 4.78 is 0. The summed E-state index contributed by atoms with van der Waals surface area (Å²) in [5.74, 6) is 0.161. The molecule has 3 heteroatoms. The van der Waals surface area contributed by atoms with Crippen LogP contribution in [-0.4, -0.2) is 11.0 Å². The van der Waals surface area contributed by atoms with Crippen molar-refractivity contribution in [3.8, 4) is 0 Å². The normalized spacial score (nSPS) is 17.7. The van der Waals surface area contributed by atoms with Crippen LogP contribution >= 0.6 is 0 Å². The second-order valence-electron chi connectivity index (χ2n) is 5.43. The third kappa shape index (κ3) is 2.91. The molecule has 1 aromatic rings. The van der Waals surface area contributed by atoms with Gasteiger partial charge in [-0.05, 0) is 24.0 Å². The first-order chi connectivity index (χ1) is 8.64. The van der Waals surface area contributed by atoms with E-state index < -0.39 is 0 Å². The molecular weight excluding hydrogens is 226 g/mol. The van der Waals surface area contributed by atoms with E-state index in [1.54, 1.807) is 0 Å². The summed E-state index contributed by atoms with van der Waals surface area (Å²) in [6, 6.07) is 7.68. The van der Waals surface area contributed by atoms with Gasteiger partial charge in [0.25, 0.3) is 0 Å². The molecule has 0 spiro atoms. The number of carbonyl (C=O) groups is 1. The van der Waals surface area contributed by atoms with Crippen LogP contribution in [0.4, 0.5) is 0 Å². The number of benzene rings is 1. The molecule has 0 aliphatic heterocycles. The summed E-state index contributed by atoms with van der Waals surface area (Å²) in [7, 11) is 0. The van der Waals surface area contributed by atoms with Gasteiger partial charge in [-0.2, -0.15) is 0 Å². The molecule has 0 heterocycles. The van der Waals surface area contributed by atoms with Crippen LogP contribution in [0.15, 0.2) is 24.3 Å². The van der Waals surface area contributed by atoms with Gasteiger partial charge in [0.1, 0.15) is 0 Å². The van der Waals surface area contributed by atoms with Gasteiger partial charge in [-0.25, -0.2) is 0 Å². The third-order valence-corrected chi connectivity index (χ3v) is 3.88. The summed E-state index contributed by atoms with van der Waals surface area (Å²) >= 11 is 0. The zero-order valence-electron chi connectivity index (χ0n) is 10.9. The SMILES string of the molecule is CC1(C(=O)NCc2cccc(CO)c2)CCCC1. The minimum Gasteiger partial charge on any atom is -0.392 e. The van der Waals surface area contributed by atoms with Gasteiger partial charge in [-0.15, -0.1) is 0 Å².